The average Bonchev–Trinajstić information content (AvgIpc) is 2.60. The summed E-state index contributed by atoms with van der Waals surface area (Å²) in [6, 6.07) is 6.95. The normalized spacial score (nSPS) is 12.2. The van der Waals surface area contributed by atoms with Gasteiger partial charge in [-0.25, -0.2) is 16.8 Å². The smallest absolute Gasteiger partial charge is 0.871 e. The van der Waals surface area contributed by atoms with Crippen LogP contribution >= 0.6 is 0 Å². The van der Waals surface area contributed by atoms with E-state index in [1.807, 2.05) is 0 Å². The number of hydrogen-bond donors (Lipinski definition) is 1. The molecule has 3 aromatic carbocycles. The summed E-state index contributed by atoms with van der Waals surface area (Å²) in [6.07, 6.45) is 0. The van der Waals surface area contributed by atoms with Gasteiger partial charge in [0.2, 0.25) is 0 Å². The molecule has 0 spiro atoms. The number of fused-ring (bicyclic) bond motifs is 1. The number of rotatable bonds is 4. The second-order valence-corrected chi connectivity index (χ2v) is 8.50. The molecule has 0 aliphatic rings. The minimum atomic E-state index is -5.17. The van der Waals surface area contributed by atoms with Gasteiger partial charge in [0.15, 0.2) is 0 Å². The van der Waals surface area contributed by atoms with Crippen LogP contribution in [0.2, 0.25) is 0 Å². The van der Waals surface area contributed by atoms with E-state index in [-0.39, 0.29) is 33.5 Å². The molecule has 0 aromatic heterocycles. The molecular formula is C16H9CuN3O8S2-2. The molecule has 3 aromatic rings. The molecule has 0 saturated heterocycles. The zero-order valence-electron chi connectivity index (χ0n) is 14.4. The van der Waals surface area contributed by atoms with Crippen LogP contribution in [0.5, 0.6) is 11.5 Å². The summed E-state index contributed by atoms with van der Waals surface area (Å²) in [7, 11) is -10.1. The van der Waals surface area contributed by atoms with E-state index in [9.17, 15) is 36.2 Å². The fourth-order valence-electron chi connectivity index (χ4n) is 2.48. The Kier molecular flexibility index (Phi) is 6.42. The van der Waals surface area contributed by atoms with Crippen LogP contribution in [-0.4, -0.2) is 25.9 Å². The van der Waals surface area contributed by atoms with Gasteiger partial charge in [0.05, 0.1) is 21.2 Å². The van der Waals surface area contributed by atoms with Gasteiger partial charge in [-0.05, 0) is 41.1 Å². The summed E-state index contributed by atoms with van der Waals surface area (Å²) in [5.74, 6) is -1.82. The molecule has 0 atom stereocenters. The van der Waals surface area contributed by atoms with Gasteiger partial charge in [-0.2, -0.15) is 5.11 Å². The van der Waals surface area contributed by atoms with Crippen molar-refractivity contribution in [2.24, 2.45) is 10.2 Å². The van der Waals surface area contributed by atoms with Crippen LogP contribution < -0.4 is 15.9 Å². The third-order valence-electron chi connectivity index (χ3n) is 3.80. The molecule has 0 bridgehead atoms. The van der Waals surface area contributed by atoms with Crippen molar-refractivity contribution < 1.29 is 53.2 Å². The number of nitrogens with two attached hydrogens (primary N) is 1. The van der Waals surface area contributed by atoms with Crippen LogP contribution in [-0.2, 0) is 37.3 Å². The van der Waals surface area contributed by atoms with Crippen molar-refractivity contribution in [1.82, 2.24) is 0 Å². The Morgan fingerprint density at radius 2 is 1.50 bits per heavy atom. The van der Waals surface area contributed by atoms with Crippen LogP contribution in [0.15, 0.2) is 62.5 Å². The quantitative estimate of drug-likeness (QED) is 0.232. The van der Waals surface area contributed by atoms with Gasteiger partial charge in [0.1, 0.15) is 20.2 Å². The van der Waals surface area contributed by atoms with Gasteiger partial charge in [0.25, 0.3) is 0 Å². The molecule has 11 nitrogen and oxygen atoms in total. The maximum absolute atomic E-state index is 12.6. The van der Waals surface area contributed by atoms with E-state index >= 15 is 0 Å². The Bertz CT molecular complexity index is 1390. The van der Waals surface area contributed by atoms with Gasteiger partial charge >= 0.3 is 17.1 Å². The molecule has 3 rings (SSSR count). The molecule has 0 fully saturated rings. The molecule has 0 aliphatic carbocycles. The maximum Gasteiger partial charge on any atom is 2.00 e. The Balaban J connectivity index is 0.00000320. The summed E-state index contributed by atoms with van der Waals surface area (Å²) >= 11 is 0. The molecule has 0 aliphatic heterocycles. The van der Waals surface area contributed by atoms with E-state index in [0.717, 1.165) is 18.2 Å². The molecule has 30 heavy (non-hydrogen) atoms. The van der Waals surface area contributed by atoms with Crippen molar-refractivity contribution >= 4 is 48.1 Å². The molecule has 0 saturated carbocycles. The van der Waals surface area contributed by atoms with Crippen molar-refractivity contribution in [2.45, 2.75) is 9.79 Å². The molecule has 161 valence electrons. The maximum atomic E-state index is 12.6. The van der Waals surface area contributed by atoms with Crippen LogP contribution in [0.4, 0.5) is 17.1 Å². The topological polar surface area (TPSA) is 211 Å². The van der Waals surface area contributed by atoms with Gasteiger partial charge in [-0.1, -0.05) is 23.6 Å². The van der Waals surface area contributed by atoms with E-state index in [4.69, 9.17) is 5.73 Å². The average molecular weight is 499 g/mol. The fourth-order valence-corrected chi connectivity index (χ4v) is 3.61. The van der Waals surface area contributed by atoms with Gasteiger partial charge in [0, 0.05) is 5.69 Å². The Morgan fingerprint density at radius 3 is 2.10 bits per heavy atom. The minimum absolute atomic E-state index is 0. The van der Waals surface area contributed by atoms with Gasteiger partial charge in [-0.3, -0.25) is 0 Å². The van der Waals surface area contributed by atoms with Crippen LogP contribution in [0.25, 0.3) is 10.8 Å². The summed E-state index contributed by atoms with van der Waals surface area (Å²) in [5.41, 5.74) is 4.29. The zero-order valence-corrected chi connectivity index (χ0v) is 17.0. The van der Waals surface area contributed by atoms with E-state index in [1.165, 1.54) is 18.2 Å². The van der Waals surface area contributed by atoms with Crippen molar-refractivity contribution in [1.29, 1.82) is 0 Å². The van der Waals surface area contributed by atoms with Crippen molar-refractivity contribution in [3.63, 3.8) is 0 Å². The predicted molar refractivity (Wildman–Crippen MR) is 93.8 cm³/mol. The monoisotopic (exact) mass is 498 g/mol. The summed E-state index contributed by atoms with van der Waals surface area (Å²) in [5, 5.41) is 31.3. The Morgan fingerprint density at radius 1 is 0.833 bits per heavy atom. The Labute approximate surface area is 180 Å². The first-order valence-corrected chi connectivity index (χ1v) is 10.4. The van der Waals surface area contributed by atoms with Gasteiger partial charge in [-0.15, -0.1) is 5.11 Å². The van der Waals surface area contributed by atoms with Crippen LogP contribution in [0.1, 0.15) is 0 Å². The second-order valence-electron chi connectivity index (χ2n) is 5.77. The van der Waals surface area contributed by atoms with Crippen molar-refractivity contribution in [3.05, 3.63) is 42.5 Å². The SMILES string of the molecule is Nc1ccc2c([O-])c(N=Nc3cc(S(=O)(=O)[O-])ccc3[O-])c(S(=O)(=O)[O-])cc2c1.[Cu+2]. The summed E-state index contributed by atoms with van der Waals surface area (Å²) < 4.78 is 68.0. The number of nitrogens with zero attached hydrogens (tertiary/aromatic N) is 2. The molecule has 14 heteroatoms. The molecule has 2 N–H and O–H groups in total. The van der Waals surface area contributed by atoms with Crippen LogP contribution in [0, 0.1) is 0 Å². The molecule has 0 unspecified atom stereocenters. The summed E-state index contributed by atoms with van der Waals surface area (Å²) in [6.45, 7) is 0. The first-order valence-electron chi connectivity index (χ1n) is 7.56. The molecular weight excluding hydrogens is 490 g/mol. The molecule has 1 radical (unpaired) electrons. The first-order chi connectivity index (χ1) is 13.4. The third kappa shape index (κ3) is 4.70. The number of benzene rings is 3. The molecule has 0 heterocycles. The number of hydrogen-bond acceptors (Lipinski definition) is 11. The number of azo groups is 1. The van der Waals surface area contributed by atoms with Crippen LogP contribution in [0.3, 0.4) is 0 Å². The van der Waals surface area contributed by atoms with Gasteiger partial charge < -0.3 is 25.1 Å². The minimum Gasteiger partial charge on any atom is -0.871 e. The van der Waals surface area contributed by atoms with E-state index in [0.29, 0.717) is 6.07 Å². The van der Waals surface area contributed by atoms with Crippen molar-refractivity contribution in [3.8, 4) is 11.5 Å². The fraction of sp³-hybridized carbons (Fsp3) is 0. The summed E-state index contributed by atoms with van der Waals surface area (Å²) in [4.78, 5) is -1.77. The van der Waals surface area contributed by atoms with E-state index in [1.54, 1.807) is 0 Å². The standard InChI is InChI=1S/C16H13N3O8S2.Cu/c17-9-1-3-11-8(5-9)6-14(29(25,26)27)15(16(11)21)19-18-12-7-10(28(22,23)24)2-4-13(12)20;/h1-7,20-21H,17H2,(H,22,23,24)(H,25,26,27);/q;+2/p-4. The number of nitrogen functional groups attached to an aromatic ring is 1. The number of anilines is 1. The van der Waals surface area contributed by atoms with E-state index in [2.05, 4.69) is 10.2 Å². The van der Waals surface area contributed by atoms with E-state index < -0.39 is 52.9 Å². The second kappa shape index (κ2) is 8.18. The first kappa shape index (κ1) is 23.5. The third-order valence-corrected chi connectivity index (χ3v) is 5.48. The zero-order chi connectivity index (χ0) is 21.6. The predicted octanol–water partition coefficient (Wildman–Crippen LogP) is 0.790. The largest absolute Gasteiger partial charge is 2.00 e. The van der Waals surface area contributed by atoms with Crippen molar-refractivity contribution in [2.75, 3.05) is 5.73 Å². The molecule has 0 amide bonds. The Hall–Kier alpha value is -2.74.